The van der Waals surface area contributed by atoms with E-state index in [2.05, 4.69) is 10.2 Å². The first kappa shape index (κ1) is 22.1. The molecule has 1 aliphatic heterocycles. The van der Waals surface area contributed by atoms with E-state index < -0.39 is 0 Å². The number of piperazine rings is 1. The minimum absolute atomic E-state index is 0.193. The Morgan fingerprint density at radius 3 is 2.12 bits per heavy atom. The van der Waals surface area contributed by atoms with E-state index in [1.54, 1.807) is 0 Å². The summed E-state index contributed by atoms with van der Waals surface area (Å²) in [7, 11) is 0. The van der Waals surface area contributed by atoms with Crippen LogP contribution in [0.4, 0.5) is 0 Å². The van der Waals surface area contributed by atoms with Gasteiger partial charge in [-0.3, -0.25) is 14.5 Å². The molecule has 1 N–H and O–H groups in total. The lowest BCUT2D eigenvalue weighted by Crippen LogP contribution is -2.50. The van der Waals surface area contributed by atoms with Crippen molar-refractivity contribution in [2.75, 3.05) is 45.8 Å². The minimum Gasteiger partial charge on any atom is -0.339 e. The van der Waals surface area contributed by atoms with Gasteiger partial charge in [-0.2, -0.15) is 0 Å². The Bertz CT molecular complexity index is 377. The number of nitrogens with zero attached hydrogens (tertiary/aromatic N) is 2. The molecule has 1 fully saturated rings. The van der Waals surface area contributed by atoms with Gasteiger partial charge < -0.3 is 10.2 Å². The molecular formula is C20H39N3O2. The third kappa shape index (κ3) is 9.95. The lowest BCUT2D eigenvalue weighted by Gasteiger charge is -2.34. The zero-order valence-electron chi connectivity index (χ0n) is 16.7. The maximum Gasteiger partial charge on any atom is 0.236 e. The van der Waals surface area contributed by atoms with Crippen molar-refractivity contribution in [3.63, 3.8) is 0 Å². The van der Waals surface area contributed by atoms with Gasteiger partial charge in [-0.05, 0) is 25.9 Å². The van der Waals surface area contributed by atoms with Crippen LogP contribution in [0.1, 0.15) is 65.7 Å². The Morgan fingerprint density at radius 1 is 0.920 bits per heavy atom. The first-order chi connectivity index (χ1) is 12.0. The molecule has 0 aliphatic carbocycles. The predicted octanol–water partition coefficient (Wildman–Crippen LogP) is 2.70. The number of hydrogen-bond acceptors (Lipinski definition) is 4. The normalized spacial score (nSPS) is 15.8. The first-order valence-electron chi connectivity index (χ1n) is 10.3. The number of carbonyl (C=O) groups is 2. The highest BCUT2D eigenvalue weighted by atomic mass is 16.2. The highest BCUT2D eigenvalue weighted by molar-refractivity contribution is 5.80. The lowest BCUT2D eigenvalue weighted by atomic mass is 10.0. The van der Waals surface area contributed by atoms with Crippen LogP contribution in [0.2, 0.25) is 0 Å². The lowest BCUT2D eigenvalue weighted by molar-refractivity contribution is -0.132. The van der Waals surface area contributed by atoms with Crippen molar-refractivity contribution in [3.8, 4) is 0 Å². The number of hydrogen-bond donors (Lipinski definition) is 1. The van der Waals surface area contributed by atoms with Crippen molar-refractivity contribution in [1.29, 1.82) is 0 Å². The van der Waals surface area contributed by atoms with Gasteiger partial charge >= 0.3 is 0 Å². The van der Waals surface area contributed by atoms with E-state index in [1.165, 1.54) is 32.1 Å². The fourth-order valence-electron chi connectivity index (χ4n) is 3.20. The van der Waals surface area contributed by atoms with Gasteiger partial charge in [0.2, 0.25) is 5.91 Å². The van der Waals surface area contributed by atoms with Crippen molar-refractivity contribution in [2.24, 2.45) is 5.92 Å². The van der Waals surface area contributed by atoms with Gasteiger partial charge in [-0.25, -0.2) is 0 Å². The summed E-state index contributed by atoms with van der Waals surface area (Å²) in [5.74, 6) is 0.833. The second-order valence-electron chi connectivity index (χ2n) is 7.50. The van der Waals surface area contributed by atoms with Crippen molar-refractivity contribution in [1.82, 2.24) is 15.1 Å². The summed E-state index contributed by atoms with van der Waals surface area (Å²) < 4.78 is 0. The smallest absolute Gasteiger partial charge is 0.236 e. The summed E-state index contributed by atoms with van der Waals surface area (Å²) in [6, 6.07) is 0. The van der Waals surface area contributed by atoms with Gasteiger partial charge in [0.25, 0.3) is 0 Å². The Morgan fingerprint density at radius 2 is 1.52 bits per heavy atom. The molecule has 0 atom stereocenters. The molecule has 1 heterocycles. The third-order valence-corrected chi connectivity index (χ3v) is 5.04. The fourth-order valence-corrected chi connectivity index (χ4v) is 3.20. The molecule has 1 aliphatic rings. The Labute approximate surface area is 154 Å². The predicted molar refractivity (Wildman–Crippen MR) is 104 cm³/mol. The molecule has 0 aromatic carbocycles. The van der Waals surface area contributed by atoms with Gasteiger partial charge in [0.1, 0.15) is 5.78 Å². The van der Waals surface area contributed by atoms with Crippen LogP contribution in [0.3, 0.4) is 0 Å². The third-order valence-electron chi connectivity index (χ3n) is 5.04. The molecule has 0 aromatic rings. The summed E-state index contributed by atoms with van der Waals surface area (Å²) in [5, 5.41) is 3.11. The fraction of sp³-hybridized carbons (Fsp3) is 0.900. The van der Waals surface area contributed by atoms with Crippen molar-refractivity contribution < 1.29 is 9.59 Å². The SMILES string of the molecule is CCNCC(=O)N1CCN(CCCCCCCCC(=O)C(C)C)CC1. The molecule has 0 radical (unpaired) electrons. The molecule has 146 valence electrons. The molecule has 0 spiro atoms. The van der Waals surface area contributed by atoms with Gasteiger partial charge in [-0.15, -0.1) is 0 Å². The highest BCUT2D eigenvalue weighted by Crippen LogP contribution is 2.11. The summed E-state index contributed by atoms with van der Waals surface area (Å²) >= 11 is 0. The summed E-state index contributed by atoms with van der Waals surface area (Å²) in [4.78, 5) is 28.0. The van der Waals surface area contributed by atoms with Crippen LogP contribution in [0, 0.1) is 5.92 Å². The second-order valence-corrected chi connectivity index (χ2v) is 7.50. The van der Waals surface area contributed by atoms with E-state index in [9.17, 15) is 9.59 Å². The molecule has 0 unspecified atom stereocenters. The van der Waals surface area contributed by atoms with Gasteiger partial charge in [0.05, 0.1) is 6.54 Å². The van der Waals surface area contributed by atoms with Crippen molar-refractivity contribution >= 4 is 11.7 Å². The topological polar surface area (TPSA) is 52.7 Å². The van der Waals surface area contributed by atoms with Gasteiger partial charge in [-0.1, -0.05) is 46.5 Å². The Kier molecular flexibility index (Phi) is 11.7. The van der Waals surface area contributed by atoms with Crippen LogP contribution in [0.15, 0.2) is 0 Å². The van der Waals surface area contributed by atoms with E-state index >= 15 is 0 Å². The maximum absolute atomic E-state index is 12.0. The Balaban J connectivity index is 1.95. The maximum atomic E-state index is 12.0. The summed E-state index contributed by atoms with van der Waals surface area (Å²) in [6.07, 6.45) is 8.04. The van der Waals surface area contributed by atoms with Crippen LogP contribution in [-0.2, 0) is 9.59 Å². The summed E-state index contributed by atoms with van der Waals surface area (Å²) in [5.41, 5.74) is 0. The number of ketones is 1. The van der Waals surface area contributed by atoms with E-state index in [0.29, 0.717) is 12.3 Å². The van der Waals surface area contributed by atoms with E-state index in [1.807, 2.05) is 25.7 Å². The number of unbranched alkanes of at least 4 members (excludes halogenated alkanes) is 5. The standard InChI is InChI=1S/C20H39N3O2/c1-4-21-17-20(25)23-15-13-22(14-16-23)12-10-8-6-5-7-9-11-19(24)18(2)3/h18,21H,4-17H2,1-3H3. The number of carbonyl (C=O) groups excluding carboxylic acids is 2. The number of amides is 1. The molecule has 5 heteroatoms. The van der Waals surface area contributed by atoms with Crippen LogP contribution in [0.25, 0.3) is 0 Å². The van der Waals surface area contributed by atoms with Gasteiger partial charge in [0, 0.05) is 38.5 Å². The average Bonchev–Trinajstić information content (AvgIpc) is 2.62. The number of rotatable bonds is 13. The molecule has 0 bridgehead atoms. The molecule has 5 nitrogen and oxygen atoms in total. The van der Waals surface area contributed by atoms with E-state index in [4.69, 9.17) is 0 Å². The van der Waals surface area contributed by atoms with Crippen LogP contribution >= 0.6 is 0 Å². The second kappa shape index (κ2) is 13.3. The van der Waals surface area contributed by atoms with Crippen molar-refractivity contribution in [2.45, 2.75) is 65.7 Å². The van der Waals surface area contributed by atoms with Gasteiger partial charge in [0.15, 0.2) is 0 Å². The molecule has 1 saturated heterocycles. The van der Waals surface area contributed by atoms with Crippen molar-refractivity contribution in [3.05, 3.63) is 0 Å². The van der Waals surface area contributed by atoms with E-state index in [0.717, 1.165) is 52.1 Å². The Hall–Kier alpha value is -0.940. The largest absolute Gasteiger partial charge is 0.339 e. The molecular weight excluding hydrogens is 314 g/mol. The van der Waals surface area contributed by atoms with Crippen LogP contribution in [0.5, 0.6) is 0 Å². The number of nitrogens with one attached hydrogen (secondary N) is 1. The zero-order valence-corrected chi connectivity index (χ0v) is 16.7. The monoisotopic (exact) mass is 353 g/mol. The molecule has 0 aromatic heterocycles. The van der Waals surface area contributed by atoms with E-state index in [-0.39, 0.29) is 11.8 Å². The summed E-state index contributed by atoms with van der Waals surface area (Å²) in [6.45, 7) is 12.2. The molecule has 1 amide bonds. The average molecular weight is 354 g/mol. The minimum atomic E-state index is 0.193. The quantitative estimate of drug-likeness (QED) is 0.517. The number of likely N-dealkylation sites (N-methyl/N-ethyl adjacent to an activating group) is 1. The number of Topliss-reactive ketones (excluding diaryl/α,β-unsaturated/α-hetero) is 1. The van der Waals surface area contributed by atoms with Crippen LogP contribution < -0.4 is 5.32 Å². The highest BCUT2D eigenvalue weighted by Gasteiger charge is 2.19. The molecule has 25 heavy (non-hydrogen) atoms. The molecule has 0 saturated carbocycles. The first-order valence-corrected chi connectivity index (χ1v) is 10.3. The van der Waals surface area contributed by atoms with Crippen LogP contribution in [-0.4, -0.2) is 67.3 Å². The zero-order chi connectivity index (χ0) is 18.5. The molecule has 1 rings (SSSR count).